The minimum atomic E-state index is -4.76. The van der Waals surface area contributed by atoms with Crippen LogP contribution in [0.5, 0.6) is 5.88 Å². The molecular weight excluding hydrogens is 235 g/mol. The van der Waals surface area contributed by atoms with Gasteiger partial charge in [0.1, 0.15) is 5.84 Å². The van der Waals surface area contributed by atoms with Gasteiger partial charge in [0.25, 0.3) is 0 Å². The molecule has 4 nitrogen and oxygen atoms in total. The van der Waals surface area contributed by atoms with Crippen LogP contribution >= 0.6 is 0 Å². The first-order chi connectivity index (χ1) is 6.38. The van der Waals surface area contributed by atoms with Crippen molar-refractivity contribution in [2.24, 2.45) is 5.73 Å². The molecule has 8 heteroatoms. The number of ether oxygens (including phenoxy) is 1. The second-order valence-corrected chi connectivity index (χ2v) is 2.35. The molecule has 0 saturated heterocycles. The van der Waals surface area contributed by atoms with Gasteiger partial charge in [-0.25, -0.2) is 4.98 Å². The van der Waals surface area contributed by atoms with Gasteiger partial charge < -0.3 is 22.9 Å². The third-order valence-corrected chi connectivity index (χ3v) is 1.27. The summed E-state index contributed by atoms with van der Waals surface area (Å²) >= 11 is 0. The Labute approximate surface area is 90.7 Å². The van der Waals surface area contributed by atoms with E-state index in [0.29, 0.717) is 0 Å². The summed E-state index contributed by atoms with van der Waals surface area (Å²) in [6, 6.07) is 2.21. The van der Waals surface area contributed by atoms with Gasteiger partial charge in [0.05, 0.1) is 0 Å². The number of nitrogens with one attached hydrogen (secondary N) is 1. The molecule has 1 aromatic heterocycles. The molecule has 3 N–H and O–H groups in total. The number of alkyl halides is 3. The zero-order valence-corrected chi connectivity index (χ0v) is 7.93. The SMILES string of the molecule is N=C(N)c1ccc(OC(F)(F)F)nc1.[Cl-].[H+]. The van der Waals surface area contributed by atoms with Crippen molar-refractivity contribution in [3.63, 3.8) is 0 Å². The van der Waals surface area contributed by atoms with Crippen molar-refractivity contribution >= 4 is 5.84 Å². The second kappa shape index (κ2) is 4.83. The molecule has 0 amide bonds. The van der Waals surface area contributed by atoms with Crippen molar-refractivity contribution in [1.82, 2.24) is 4.98 Å². The number of hydrogen-bond acceptors (Lipinski definition) is 3. The normalized spacial score (nSPS) is 10.3. The van der Waals surface area contributed by atoms with Crippen LogP contribution in [-0.4, -0.2) is 17.2 Å². The van der Waals surface area contributed by atoms with Gasteiger partial charge in [-0.3, -0.25) is 5.41 Å². The number of pyridine rings is 1. The molecule has 0 aromatic carbocycles. The Morgan fingerprint density at radius 2 is 2.07 bits per heavy atom. The first kappa shape index (κ1) is 13.5. The number of nitrogens with two attached hydrogens (primary N) is 1. The van der Waals surface area contributed by atoms with Crippen molar-refractivity contribution in [2.45, 2.75) is 6.36 Å². The average Bonchev–Trinajstić information content (AvgIpc) is 2.02. The van der Waals surface area contributed by atoms with E-state index in [0.717, 1.165) is 12.3 Å². The Bertz CT molecular complexity index is 344. The van der Waals surface area contributed by atoms with E-state index in [4.69, 9.17) is 11.1 Å². The molecule has 0 unspecified atom stereocenters. The standard InChI is InChI=1S/C7H6F3N3O.ClH/c8-7(9,10)14-5-2-1-4(3-13-5)6(11)12;/h1-3H,(H3,11,12);1H. The van der Waals surface area contributed by atoms with Crippen LogP contribution in [0.4, 0.5) is 13.2 Å². The summed E-state index contributed by atoms with van der Waals surface area (Å²) in [7, 11) is 0. The number of rotatable bonds is 2. The molecule has 84 valence electrons. The molecule has 0 aliphatic rings. The highest BCUT2D eigenvalue weighted by Gasteiger charge is 2.31. The van der Waals surface area contributed by atoms with Gasteiger partial charge in [-0.1, -0.05) is 0 Å². The fourth-order valence-electron chi connectivity index (χ4n) is 0.719. The fraction of sp³-hybridized carbons (Fsp3) is 0.143. The highest BCUT2D eigenvalue weighted by Crippen LogP contribution is 2.20. The van der Waals surface area contributed by atoms with E-state index in [1.807, 2.05) is 0 Å². The third kappa shape index (κ3) is 4.50. The molecule has 0 bridgehead atoms. The van der Waals surface area contributed by atoms with Crippen molar-refractivity contribution in [3.8, 4) is 5.88 Å². The van der Waals surface area contributed by atoms with Gasteiger partial charge in [0.2, 0.25) is 5.88 Å². The van der Waals surface area contributed by atoms with Crippen LogP contribution in [0, 0.1) is 5.41 Å². The van der Waals surface area contributed by atoms with E-state index in [1.54, 1.807) is 0 Å². The largest absolute Gasteiger partial charge is 1.00 e. The Hall–Kier alpha value is -1.50. The Balaban J connectivity index is 0. The number of nitrogen functional groups attached to an aromatic ring is 1. The summed E-state index contributed by atoms with van der Waals surface area (Å²) < 4.78 is 38.5. The van der Waals surface area contributed by atoms with E-state index in [-0.39, 0.29) is 25.2 Å². The number of hydrogen-bond donors (Lipinski definition) is 2. The number of aromatic nitrogens is 1. The second-order valence-electron chi connectivity index (χ2n) is 2.35. The van der Waals surface area contributed by atoms with Gasteiger partial charge in [-0.05, 0) is 6.07 Å². The van der Waals surface area contributed by atoms with Crippen LogP contribution in [0.1, 0.15) is 6.99 Å². The lowest BCUT2D eigenvalue weighted by Crippen LogP contribution is -3.00. The topological polar surface area (TPSA) is 72.0 Å². The Morgan fingerprint density at radius 1 is 1.47 bits per heavy atom. The highest BCUT2D eigenvalue weighted by molar-refractivity contribution is 5.94. The molecule has 0 radical (unpaired) electrons. The van der Waals surface area contributed by atoms with E-state index < -0.39 is 12.2 Å². The zero-order chi connectivity index (χ0) is 10.8. The van der Waals surface area contributed by atoms with E-state index in [1.165, 1.54) is 6.07 Å². The minimum Gasteiger partial charge on any atom is -1.00 e. The first-order valence-electron chi connectivity index (χ1n) is 3.45. The van der Waals surface area contributed by atoms with E-state index >= 15 is 0 Å². The maximum Gasteiger partial charge on any atom is 1.00 e. The van der Waals surface area contributed by atoms with Crippen LogP contribution < -0.4 is 22.9 Å². The monoisotopic (exact) mass is 241 g/mol. The molecule has 0 aliphatic carbocycles. The van der Waals surface area contributed by atoms with Gasteiger partial charge in [0, 0.05) is 17.8 Å². The smallest absolute Gasteiger partial charge is 1.00 e. The summed E-state index contributed by atoms with van der Waals surface area (Å²) in [5.74, 6) is -0.849. The molecule has 1 heterocycles. The highest BCUT2D eigenvalue weighted by atomic mass is 35.5. The summed E-state index contributed by atoms with van der Waals surface area (Å²) in [5.41, 5.74) is 5.31. The molecule has 0 atom stereocenters. The van der Waals surface area contributed by atoms with Crippen molar-refractivity contribution in [2.75, 3.05) is 0 Å². The molecule has 0 aliphatic heterocycles. The molecule has 0 saturated carbocycles. The minimum absolute atomic E-state index is 0. The van der Waals surface area contributed by atoms with Crippen LogP contribution in [-0.2, 0) is 0 Å². The molecule has 15 heavy (non-hydrogen) atoms. The summed E-state index contributed by atoms with van der Waals surface area (Å²) in [6.07, 6.45) is -3.73. The zero-order valence-electron chi connectivity index (χ0n) is 8.18. The Kier molecular flexibility index (Phi) is 4.35. The third-order valence-electron chi connectivity index (χ3n) is 1.27. The Morgan fingerprint density at radius 3 is 2.40 bits per heavy atom. The first-order valence-corrected chi connectivity index (χ1v) is 3.45. The maximum atomic E-state index is 11.7. The number of amidine groups is 1. The summed E-state index contributed by atoms with van der Waals surface area (Å²) in [6.45, 7) is 0. The lowest BCUT2D eigenvalue weighted by Gasteiger charge is -2.07. The summed E-state index contributed by atoms with van der Waals surface area (Å²) in [4.78, 5) is 3.32. The molecule has 1 aromatic rings. The van der Waals surface area contributed by atoms with Crippen LogP contribution in [0.25, 0.3) is 0 Å². The van der Waals surface area contributed by atoms with Crippen molar-refractivity contribution in [3.05, 3.63) is 23.9 Å². The van der Waals surface area contributed by atoms with E-state index in [2.05, 4.69) is 9.72 Å². The predicted molar refractivity (Wildman–Crippen MR) is 43.0 cm³/mol. The van der Waals surface area contributed by atoms with Crippen molar-refractivity contribution < 1.29 is 31.7 Å². The molecule has 0 fully saturated rings. The lowest BCUT2D eigenvalue weighted by molar-refractivity contribution is -0.276. The van der Waals surface area contributed by atoms with Crippen LogP contribution in [0.3, 0.4) is 0 Å². The fourth-order valence-corrected chi connectivity index (χ4v) is 0.719. The van der Waals surface area contributed by atoms with E-state index in [9.17, 15) is 13.2 Å². The number of nitrogens with zero attached hydrogens (tertiary/aromatic N) is 1. The molecule has 1 rings (SSSR count). The van der Waals surface area contributed by atoms with Crippen molar-refractivity contribution in [1.29, 1.82) is 5.41 Å². The van der Waals surface area contributed by atoms with Gasteiger partial charge in [-0.15, -0.1) is 13.2 Å². The van der Waals surface area contributed by atoms with Crippen LogP contribution in [0.2, 0.25) is 0 Å². The summed E-state index contributed by atoms with van der Waals surface area (Å²) in [5, 5.41) is 6.96. The van der Waals surface area contributed by atoms with Crippen LogP contribution in [0.15, 0.2) is 18.3 Å². The predicted octanol–water partition coefficient (Wildman–Crippen LogP) is -1.62. The van der Waals surface area contributed by atoms with Gasteiger partial charge >= 0.3 is 7.79 Å². The maximum absolute atomic E-state index is 11.7. The quantitative estimate of drug-likeness (QED) is 0.483. The number of halogens is 4. The van der Waals surface area contributed by atoms with Gasteiger partial charge in [0.15, 0.2) is 0 Å². The van der Waals surface area contributed by atoms with Gasteiger partial charge in [-0.2, -0.15) is 0 Å². The average molecular weight is 242 g/mol. The molecule has 0 spiro atoms. The molecular formula is C7H7ClF3N3O. The lowest BCUT2D eigenvalue weighted by atomic mass is 10.3.